The summed E-state index contributed by atoms with van der Waals surface area (Å²) in [6.07, 6.45) is 1.84. The lowest BCUT2D eigenvalue weighted by Gasteiger charge is -2.03. The van der Waals surface area contributed by atoms with Gasteiger partial charge in [-0.05, 0) is 19.1 Å². The molecule has 0 saturated heterocycles. The van der Waals surface area contributed by atoms with E-state index in [0.29, 0.717) is 23.6 Å². The summed E-state index contributed by atoms with van der Waals surface area (Å²) >= 11 is 1.63. The second-order valence-corrected chi connectivity index (χ2v) is 5.53. The molecule has 0 aliphatic heterocycles. The third-order valence-electron chi connectivity index (χ3n) is 2.89. The molecule has 0 bridgehead atoms. The van der Waals surface area contributed by atoms with Crippen LogP contribution in [0.3, 0.4) is 0 Å². The minimum atomic E-state index is 0.408. The largest absolute Gasteiger partial charge is 0.369 e. The van der Waals surface area contributed by atoms with Crippen LogP contribution in [0.2, 0.25) is 0 Å². The number of benzene rings is 1. The van der Waals surface area contributed by atoms with Gasteiger partial charge in [0.25, 0.3) is 0 Å². The van der Waals surface area contributed by atoms with Crippen LogP contribution >= 0.6 is 11.3 Å². The molecule has 19 heavy (non-hydrogen) atoms. The summed E-state index contributed by atoms with van der Waals surface area (Å²) in [5.41, 5.74) is 8.00. The molecule has 2 N–H and O–H groups in total. The van der Waals surface area contributed by atoms with Gasteiger partial charge >= 0.3 is 0 Å². The minimum Gasteiger partial charge on any atom is -0.369 e. The quantitative estimate of drug-likeness (QED) is 0.774. The van der Waals surface area contributed by atoms with Gasteiger partial charge < -0.3 is 10.3 Å². The molecule has 0 amide bonds. The van der Waals surface area contributed by atoms with Crippen molar-refractivity contribution in [1.82, 2.24) is 14.5 Å². The highest BCUT2D eigenvalue weighted by Crippen LogP contribution is 2.23. The van der Waals surface area contributed by atoms with E-state index in [9.17, 15) is 0 Å². The van der Waals surface area contributed by atoms with E-state index in [1.165, 1.54) is 0 Å². The standard InChI is InChI=1S/C13H11N5S/c1-8-6-16-11(19-8)7-18-10-4-2-3-9(5-14)12(10)17-13(18)15/h2-4,6H,7H2,1H3,(H2,15,17). The van der Waals surface area contributed by atoms with E-state index in [1.807, 2.05) is 29.8 Å². The molecule has 0 atom stereocenters. The van der Waals surface area contributed by atoms with Crippen LogP contribution in [0.5, 0.6) is 0 Å². The Balaban J connectivity index is 2.14. The maximum Gasteiger partial charge on any atom is 0.201 e. The van der Waals surface area contributed by atoms with Gasteiger partial charge in [0.2, 0.25) is 5.95 Å². The molecule has 0 aliphatic rings. The molecule has 0 aliphatic carbocycles. The number of imidazole rings is 1. The fourth-order valence-electron chi connectivity index (χ4n) is 2.03. The molecule has 94 valence electrons. The first-order chi connectivity index (χ1) is 9.19. The van der Waals surface area contributed by atoms with Crippen molar-refractivity contribution in [3.63, 3.8) is 0 Å². The first kappa shape index (κ1) is 11.7. The number of nitrogens with zero attached hydrogens (tertiary/aromatic N) is 4. The number of aryl methyl sites for hydroxylation is 1. The Morgan fingerprint density at radius 1 is 1.47 bits per heavy atom. The molecule has 0 fully saturated rings. The number of fused-ring (bicyclic) bond motifs is 1. The average molecular weight is 269 g/mol. The third kappa shape index (κ3) is 1.94. The molecule has 1 aromatic carbocycles. The fourth-order valence-corrected chi connectivity index (χ4v) is 2.81. The predicted octanol–water partition coefficient (Wildman–Crippen LogP) is 2.30. The molecule has 2 aromatic heterocycles. The van der Waals surface area contributed by atoms with Crippen molar-refractivity contribution in [2.24, 2.45) is 0 Å². The van der Waals surface area contributed by atoms with Gasteiger partial charge in [0, 0.05) is 11.1 Å². The molecular weight excluding hydrogens is 258 g/mol. The minimum absolute atomic E-state index is 0.408. The van der Waals surface area contributed by atoms with Gasteiger partial charge in [0.15, 0.2) is 0 Å². The topological polar surface area (TPSA) is 80.5 Å². The number of thiazole rings is 1. The zero-order valence-corrected chi connectivity index (χ0v) is 11.1. The van der Waals surface area contributed by atoms with Gasteiger partial charge in [0.05, 0.1) is 17.6 Å². The van der Waals surface area contributed by atoms with Crippen LogP contribution < -0.4 is 5.73 Å². The van der Waals surface area contributed by atoms with Gasteiger partial charge in [-0.2, -0.15) is 5.26 Å². The number of para-hydroxylation sites is 1. The molecule has 3 rings (SSSR count). The summed E-state index contributed by atoms with van der Waals surface area (Å²) in [5, 5.41) is 10.1. The SMILES string of the molecule is Cc1cnc(Cn2c(N)nc3c(C#N)cccc32)s1. The van der Waals surface area contributed by atoms with E-state index < -0.39 is 0 Å². The maximum absolute atomic E-state index is 9.08. The molecular formula is C13H11N5S. The normalized spacial score (nSPS) is 10.7. The first-order valence-electron chi connectivity index (χ1n) is 5.75. The fraction of sp³-hybridized carbons (Fsp3) is 0.154. The highest BCUT2D eigenvalue weighted by molar-refractivity contribution is 7.11. The predicted molar refractivity (Wildman–Crippen MR) is 74.8 cm³/mol. The smallest absolute Gasteiger partial charge is 0.201 e. The van der Waals surface area contributed by atoms with Crippen LogP contribution in [0.4, 0.5) is 5.95 Å². The van der Waals surface area contributed by atoms with Crippen LogP contribution in [0.15, 0.2) is 24.4 Å². The van der Waals surface area contributed by atoms with E-state index in [0.717, 1.165) is 15.4 Å². The molecule has 2 heterocycles. The van der Waals surface area contributed by atoms with E-state index in [2.05, 4.69) is 16.0 Å². The summed E-state index contributed by atoms with van der Waals surface area (Å²) in [5.74, 6) is 0.408. The van der Waals surface area contributed by atoms with Gasteiger partial charge in [-0.15, -0.1) is 11.3 Å². The maximum atomic E-state index is 9.08. The number of rotatable bonds is 2. The van der Waals surface area contributed by atoms with Gasteiger partial charge in [-0.25, -0.2) is 9.97 Å². The number of nitrogens with two attached hydrogens (primary N) is 1. The van der Waals surface area contributed by atoms with Crippen molar-refractivity contribution >= 4 is 28.3 Å². The zero-order chi connectivity index (χ0) is 13.4. The number of aromatic nitrogens is 3. The second-order valence-electron chi connectivity index (χ2n) is 4.21. The number of hydrogen-bond acceptors (Lipinski definition) is 5. The van der Waals surface area contributed by atoms with Crippen LogP contribution in [0.25, 0.3) is 11.0 Å². The highest BCUT2D eigenvalue weighted by atomic mass is 32.1. The second kappa shape index (κ2) is 4.37. The molecule has 6 heteroatoms. The first-order valence-corrected chi connectivity index (χ1v) is 6.57. The Labute approximate surface area is 113 Å². The summed E-state index contributed by atoms with van der Waals surface area (Å²) in [4.78, 5) is 9.78. The van der Waals surface area contributed by atoms with E-state index in [1.54, 1.807) is 17.4 Å². The molecule has 0 radical (unpaired) electrons. The van der Waals surface area contributed by atoms with E-state index >= 15 is 0 Å². The Kier molecular flexibility index (Phi) is 2.69. The third-order valence-corrected chi connectivity index (χ3v) is 3.79. The van der Waals surface area contributed by atoms with Crippen molar-refractivity contribution in [2.75, 3.05) is 5.73 Å². The Bertz CT molecular complexity index is 793. The van der Waals surface area contributed by atoms with Crippen molar-refractivity contribution < 1.29 is 0 Å². The molecule has 3 aromatic rings. The lowest BCUT2D eigenvalue weighted by atomic mass is 10.2. The lowest BCUT2D eigenvalue weighted by Crippen LogP contribution is -2.04. The number of nitriles is 1. The summed E-state index contributed by atoms with van der Waals surface area (Å²) in [6, 6.07) is 7.63. The van der Waals surface area contributed by atoms with Crippen LogP contribution in [-0.4, -0.2) is 14.5 Å². The summed E-state index contributed by atoms with van der Waals surface area (Å²) in [6.45, 7) is 2.60. The van der Waals surface area contributed by atoms with Crippen molar-refractivity contribution in [3.8, 4) is 6.07 Å². The molecule has 0 saturated carbocycles. The summed E-state index contributed by atoms with van der Waals surface area (Å²) in [7, 11) is 0. The molecule has 0 spiro atoms. The number of nitrogen functional groups attached to an aromatic ring is 1. The Hall–Kier alpha value is -2.39. The monoisotopic (exact) mass is 269 g/mol. The van der Waals surface area contributed by atoms with E-state index in [4.69, 9.17) is 11.0 Å². The Morgan fingerprint density at radius 2 is 2.32 bits per heavy atom. The average Bonchev–Trinajstić information content (AvgIpc) is 2.94. The van der Waals surface area contributed by atoms with Crippen molar-refractivity contribution in [1.29, 1.82) is 5.26 Å². The number of hydrogen-bond donors (Lipinski definition) is 1. The zero-order valence-electron chi connectivity index (χ0n) is 10.3. The van der Waals surface area contributed by atoms with Crippen LogP contribution in [0, 0.1) is 18.3 Å². The number of anilines is 1. The van der Waals surface area contributed by atoms with Gasteiger partial charge in [0.1, 0.15) is 16.6 Å². The van der Waals surface area contributed by atoms with Crippen LogP contribution in [-0.2, 0) is 6.54 Å². The molecule has 5 nitrogen and oxygen atoms in total. The summed E-state index contributed by atoms with van der Waals surface area (Å²) < 4.78 is 1.88. The lowest BCUT2D eigenvalue weighted by molar-refractivity contribution is 0.829. The van der Waals surface area contributed by atoms with E-state index in [-0.39, 0.29) is 0 Å². The van der Waals surface area contributed by atoms with Crippen molar-refractivity contribution in [2.45, 2.75) is 13.5 Å². The Morgan fingerprint density at radius 3 is 3.00 bits per heavy atom. The van der Waals surface area contributed by atoms with Crippen LogP contribution in [0.1, 0.15) is 15.4 Å². The highest BCUT2D eigenvalue weighted by Gasteiger charge is 2.12. The van der Waals surface area contributed by atoms with Gasteiger partial charge in [-0.3, -0.25) is 0 Å². The molecule has 0 unspecified atom stereocenters. The van der Waals surface area contributed by atoms with Gasteiger partial charge in [-0.1, -0.05) is 6.07 Å². The van der Waals surface area contributed by atoms with Crippen molar-refractivity contribution in [3.05, 3.63) is 39.8 Å².